The van der Waals surface area contributed by atoms with Crippen molar-refractivity contribution in [3.8, 4) is 39.9 Å². The van der Waals surface area contributed by atoms with Gasteiger partial charge in [0.15, 0.2) is 17.5 Å². The van der Waals surface area contributed by atoms with Gasteiger partial charge in [-0.2, -0.15) is 0 Å². The summed E-state index contributed by atoms with van der Waals surface area (Å²) >= 11 is 0. The summed E-state index contributed by atoms with van der Waals surface area (Å²) in [6.45, 7) is 8.35. The van der Waals surface area contributed by atoms with E-state index in [0.717, 1.165) is 44.3 Å². The lowest BCUT2D eigenvalue weighted by Gasteiger charge is -2.32. The average Bonchev–Trinajstić information content (AvgIpc) is 3.53. The molecule has 8 rings (SSSR count). The third kappa shape index (κ3) is 4.80. The van der Waals surface area contributed by atoms with E-state index in [9.17, 15) is 0 Å². The zero-order valence-corrected chi connectivity index (χ0v) is 26.3. The normalized spacial score (nSPS) is 15.5. The van der Waals surface area contributed by atoms with Crippen molar-refractivity contribution in [2.45, 2.75) is 38.9 Å². The molecule has 0 aliphatic carbocycles. The predicted molar refractivity (Wildman–Crippen MR) is 186 cm³/mol. The maximum atomic E-state index is 6.39. The van der Waals surface area contributed by atoms with E-state index in [1.54, 1.807) is 0 Å². The minimum atomic E-state index is -0.419. The average molecular weight is 601 g/mol. The van der Waals surface area contributed by atoms with Crippen molar-refractivity contribution in [2.75, 3.05) is 0 Å². The van der Waals surface area contributed by atoms with Gasteiger partial charge in [-0.05, 0) is 69.6 Å². The fraction of sp³-hybridized carbons (Fsp3) is 0.154. The number of aromatic nitrogens is 4. The molecule has 0 atom stereocenters. The molecule has 1 fully saturated rings. The van der Waals surface area contributed by atoms with Crippen LogP contribution in [0.3, 0.4) is 0 Å². The Kier molecular flexibility index (Phi) is 6.64. The molecular weight excluding hydrogens is 567 g/mol. The van der Waals surface area contributed by atoms with Gasteiger partial charge in [0.05, 0.1) is 22.2 Å². The van der Waals surface area contributed by atoms with Crippen LogP contribution in [0.5, 0.6) is 0 Å². The van der Waals surface area contributed by atoms with Gasteiger partial charge in [-0.1, -0.05) is 91.0 Å². The van der Waals surface area contributed by atoms with E-state index in [1.807, 2.05) is 60.7 Å². The first-order valence-corrected chi connectivity index (χ1v) is 15.6. The van der Waals surface area contributed by atoms with Gasteiger partial charge < -0.3 is 13.9 Å². The molecule has 1 saturated heterocycles. The van der Waals surface area contributed by atoms with Gasteiger partial charge in [0.1, 0.15) is 0 Å². The van der Waals surface area contributed by atoms with Gasteiger partial charge >= 0.3 is 7.12 Å². The van der Waals surface area contributed by atoms with Gasteiger partial charge in [0.2, 0.25) is 0 Å². The van der Waals surface area contributed by atoms with Gasteiger partial charge in [-0.25, -0.2) is 15.0 Å². The maximum absolute atomic E-state index is 6.39. The molecule has 0 amide bonds. The zero-order valence-electron chi connectivity index (χ0n) is 26.3. The van der Waals surface area contributed by atoms with Crippen LogP contribution in [-0.4, -0.2) is 37.8 Å². The van der Waals surface area contributed by atoms with Crippen molar-refractivity contribution in [1.82, 2.24) is 19.5 Å². The predicted octanol–water partition coefficient (Wildman–Crippen LogP) is 8.27. The highest BCUT2D eigenvalue weighted by molar-refractivity contribution is 6.62. The van der Waals surface area contributed by atoms with Crippen LogP contribution in [0.25, 0.3) is 61.7 Å². The monoisotopic (exact) mass is 600 g/mol. The Labute approximate surface area is 268 Å². The van der Waals surface area contributed by atoms with E-state index in [-0.39, 0.29) is 0 Å². The minimum Gasteiger partial charge on any atom is -0.399 e. The zero-order chi connectivity index (χ0) is 31.5. The molecule has 46 heavy (non-hydrogen) atoms. The number of hydrogen-bond acceptors (Lipinski definition) is 5. The second-order valence-corrected chi connectivity index (χ2v) is 12.8. The molecule has 7 heteroatoms. The Morgan fingerprint density at radius 2 is 0.978 bits per heavy atom. The molecular formula is C39H33BN4O2. The molecule has 7 aromatic rings. The summed E-state index contributed by atoms with van der Waals surface area (Å²) in [7, 11) is -0.419. The van der Waals surface area contributed by atoms with Crippen LogP contribution in [0.15, 0.2) is 127 Å². The lowest BCUT2D eigenvalue weighted by atomic mass is 9.78. The summed E-state index contributed by atoms with van der Waals surface area (Å²) in [6.07, 6.45) is 0. The molecule has 0 unspecified atom stereocenters. The lowest BCUT2D eigenvalue weighted by molar-refractivity contribution is 0.00578. The topological polar surface area (TPSA) is 62.1 Å². The Hall–Kier alpha value is -5.11. The molecule has 6 nitrogen and oxygen atoms in total. The largest absolute Gasteiger partial charge is 0.494 e. The van der Waals surface area contributed by atoms with Crippen LogP contribution in [0.2, 0.25) is 0 Å². The molecule has 0 saturated carbocycles. The van der Waals surface area contributed by atoms with Crippen molar-refractivity contribution in [2.24, 2.45) is 0 Å². The molecule has 0 radical (unpaired) electrons. The number of nitrogens with zero attached hydrogens (tertiary/aromatic N) is 4. The second kappa shape index (κ2) is 10.8. The molecule has 0 N–H and O–H groups in total. The number of rotatable bonds is 5. The van der Waals surface area contributed by atoms with E-state index in [4.69, 9.17) is 24.3 Å². The number of para-hydroxylation sites is 1. The Balaban J connectivity index is 1.21. The van der Waals surface area contributed by atoms with Crippen LogP contribution >= 0.6 is 0 Å². The minimum absolute atomic E-state index is 0.398. The van der Waals surface area contributed by atoms with Crippen LogP contribution in [0, 0.1) is 0 Å². The van der Waals surface area contributed by atoms with Crippen molar-refractivity contribution < 1.29 is 9.31 Å². The van der Waals surface area contributed by atoms with Gasteiger partial charge in [-0.3, -0.25) is 0 Å². The highest BCUT2D eigenvalue weighted by Gasteiger charge is 2.51. The van der Waals surface area contributed by atoms with Crippen molar-refractivity contribution in [3.05, 3.63) is 127 Å². The summed E-state index contributed by atoms with van der Waals surface area (Å²) < 4.78 is 15.1. The maximum Gasteiger partial charge on any atom is 0.494 e. The molecule has 2 aromatic heterocycles. The van der Waals surface area contributed by atoms with Crippen molar-refractivity contribution >= 4 is 34.4 Å². The quantitative estimate of drug-likeness (QED) is 0.186. The highest BCUT2D eigenvalue weighted by Crippen LogP contribution is 2.38. The van der Waals surface area contributed by atoms with E-state index >= 15 is 0 Å². The smallest absolute Gasteiger partial charge is 0.399 e. The number of fused-ring (bicyclic) bond motifs is 3. The number of benzene rings is 5. The lowest BCUT2D eigenvalue weighted by Crippen LogP contribution is -2.41. The second-order valence-electron chi connectivity index (χ2n) is 12.8. The van der Waals surface area contributed by atoms with Crippen LogP contribution in [0.1, 0.15) is 27.7 Å². The first-order chi connectivity index (χ1) is 22.3. The van der Waals surface area contributed by atoms with E-state index in [1.165, 1.54) is 5.39 Å². The molecule has 224 valence electrons. The van der Waals surface area contributed by atoms with Gasteiger partial charge in [0.25, 0.3) is 0 Å². The SMILES string of the molecule is CC1(C)OB(c2ccc3c(c2)c2ccccc2n3-c2ccc(-c3nc(-c4ccccc4)nc(-c4ccccc4)n3)cc2)OC1(C)C. The summed E-state index contributed by atoms with van der Waals surface area (Å²) in [5, 5.41) is 2.33. The number of hydrogen-bond donors (Lipinski definition) is 0. The van der Waals surface area contributed by atoms with Gasteiger partial charge in [0, 0.05) is 33.2 Å². The van der Waals surface area contributed by atoms with Crippen LogP contribution in [0.4, 0.5) is 0 Å². The highest BCUT2D eigenvalue weighted by atomic mass is 16.7. The first-order valence-electron chi connectivity index (χ1n) is 15.6. The van der Waals surface area contributed by atoms with E-state index in [0.29, 0.717) is 17.5 Å². The first kappa shape index (κ1) is 28.4. The van der Waals surface area contributed by atoms with E-state index in [2.05, 4.69) is 99.0 Å². The third-order valence-electron chi connectivity index (χ3n) is 9.31. The molecule has 3 heterocycles. The fourth-order valence-corrected chi connectivity index (χ4v) is 6.09. The Morgan fingerprint density at radius 3 is 1.54 bits per heavy atom. The molecule has 0 spiro atoms. The van der Waals surface area contributed by atoms with Crippen LogP contribution < -0.4 is 5.46 Å². The van der Waals surface area contributed by atoms with Crippen LogP contribution in [-0.2, 0) is 9.31 Å². The molecule has 0 bridgehead atoms. The van der Waals surface area contributed by atoms with Gasteiger partial charge in [-0.15, -0.1) is 0 Å². The molecule has 5 aromatic carbocycles. The summed E-state index contributed by atoms with van der Waals surface area (Å²) in [5.41, 5.74) is 6.34. The Morgan fingerprint density at radius 1 is 0.500 bits per heavy atom. The fourth-order valence-electron chi connectivity index (χ4n) is 6.09. The van der Waals surface area contributed by atoms with E-state index < -0.39 is 18.3 Å². The Bertz CT molecular complexity index is 2140. The summed E-state index contributed by atoms with van der Waals surface area (Å²) in [6, 6.07) is 43.6. The third-order valence-corrected chi connectivity index (χ3v) is 9.31. The molecule has 1 aliphatic heterocycles. The molecule has 1 aliphatic rings. The summed E-state index contributed by atoms with van der Waals surface area (Å²) in [4.78, 5) is 14.6. The van der Waals surface area contributed by atoms with Crippen molar-refractivity contribution in [1.29, 1.82) is 0 Å². The summed E-state index contributed by atoms with van der Waals surface area (Å²) in [5.74, 6) is 1.93. The van der Waals surface area contributed by atoms with Crippen molar-refractivity contribution in [3.63, 3.8) is 0 Å². The standard InChI is InChI=1S/C39H33BN4O2/c1-38(2)39(3,4)46-40(45-38)29-21-24-34-32(25-29)31-17-11-12-18-33(31)44(34)30-22-19-28(20-23-30)37-42-35(26-13-7-5-8-14-26)41-36(43-37)27-15-9-6-10-16-27/h5-25H,1-4H3.